The Balaban J connectivity index is 2.63. The van der Waals surface area contributed by atoms with Gasteiger partial charge in [-0.1, -0.05) is 12.1 Å². The van der Waals surface area contributed by atoms with Crippen molar-refractivity contribution >= 4 is 5.91 Å². The van der Waals surface area contributed by atoms with E-state index in [1.165, 1.54) is 18.2 Å². The normalized spacial score (nSPS) is 9.47. The maximum absolute atomic E-state index is 13.3. The predicted octanol–water partition coefficient (Wildman–Crippen LogP) is 0.337. The lowest BCUT2D eigenvalue weighted by Crippen LogP contribution is -2.29. The molecule has 2 N–H and O–H groups in total. The van der Waals surface area contributed by atoms with E-state index in [-0.39, 0.29) is 24.5 Å². The van der Waals surface area contributed by atoms with Gasteiger partial charge in [0.05, 0.1) is 12.7 Å². The fourth-order valence-electron chi connectivity index (χ4n) is 1.17. The Kier molecular flexibility index (Phi) is 4.91. The monoisotopic (exact) mass is 238 g/mol. The Morgan fingerprint density at radius 2 is 2.35 bits per heavy atom. The lowest BCUT2D eigenvalue weighted by molar-refractivity contribution is -0.122. The zero-order valence-corrected chi connectivity index (χ0v) is 8.94. The fraction of sp³-hybridized carbons (Fsp3) is 0.273. The molecular formula is C11H11FN2O3. The highest BCUT2D eigenvalue weighted by atomic mass is 19.1. The molecule has 0 saturated carbocycles. The van der Waals surface area contributed by atoms with E-state index in [0.717, 1.165) is 0 Å². The SMILES string of the molecule is N#CCNC(=O)COc1c(F)cccc1CO. The van der Waals surface area contributed by atoms with Gasteiger partial charge in [-0.15, -0.1) is 0 Å². The molecule has 5 nitrogen and oxygen atoms in total. The van der Waals surface area contributed by atoms with Crippen LogP contribution in [0.1, 0.15) is 5.56 Å². The van der Waals surface area contributed by atoms with E-state index in [0.29, 0.717) is 0 Å². The number of carbonyl (C=O) groups is 1. The van der Waals surface area contributed by atoms with Gasteiger partial charge in [-0.3, -0.25) is 4.79 Å². The van der Waals surface area contributed by atoms with Crippen LogP contribution in [0.4, 0.5) is 4.39 Å². The quantitative estimate of drug-likeness (QED) is 0.724. The number of nitrogens with one attached hydrogen (secondary N) is 1. The molecule has 1 amide bonds. The number of hydrogen-bond donors (Lipinski definition) is 2. The number of aliphatic hydroxyl groups is 1. The van der Waals surface area contributed by atoms with Crippen molar-refractivity contribution < 1.29 is 19.0 Å². The van der Waals surface area contributed by atoms with E-state index in [4.69, 9.17) is 15.1 Å². The first-order chi connectivity index (χ1) is 8.19. The minimum Gasteiger partial charge on any atom is -0.480 e. The number of carbonyl (C=O) groups excluding carboxylic acids is 1. The summed E-state index contributed by atoms with van der Waals surface area (Å²) < 4.78 is 18.3. The zero-order valence-electron chi connectivity index (χ0n) is 8.94. The van der Waals surface area contributed by atoms with Gasteiger partial charge in [0.1, 0.15) is 6.54 Å². The molecule has 0 spiro atoms. The van der Waals surface area contributed by atoms with Crippen molar-refractivity contribution in [3.05, 3.63) is 29.6 Å². The standard InChI is InChI=1S/C11H11FN2O3/c12-9-3-1-2-8(6-15)11(9)17-7-10(16)14-5-4-13/h1-3,15H,5-7H2,(H,14,16). The summed E-state index contributed by atoms with van der Waals surface area (Å²) in [6.07, 6.45) is 0. The van der Waals surface area contributed by atoms with Crippen molar-refractivity contribution in [3.63, 3.8) is 0 Å². The van der Waals surface area contributed by atoms with Crippen LogP contribution in [0.15, 0.2) is 18.2 Å². The molecule has 0 radical (unpaired) electrons. The predicted molar refractivity (Wildman–Crippen MR) is 56.4 cm³/mol. The molecule has 0 unspecified atom stereocenters. The van der Waals surface area contributed by atoms with Gasteiger partial charge in [-0.2, -0.15) is 5.26 Å². The summed E-state index contributed by atoms with van der Waals surface area (Å²) in [7, 11) is 0. The second-order valence-corrected chi connectivity index (χ2v) is 3.11. The molecule has 1 aromatic rings. The van der Waals surface area contributed by atoms with Crippen molar-refractivity contribution in [1.82, 2.24) is 5.32 Å². The van der Waals surface area contributed by atoms with Gasteiger partial charge in [-0.25, -0.2) is 4.39 Å². The maximum atomic E-state index is 13.3. The molecule has 6 heteroatoms. The minimum absolute atomic E-state index is 0.133. The van der Waals surface area contributed by atoms with Crippen LogP contribution in [0.2, 0.25) is 0 Å². The van der Waals surface area contributed by atoms with Gasteiger partial charge in [0, 0.05) is 5.56 Å². The van der Waals surface area contributed by atoms with Crippen LogP contribution in [0.3, 0.4) is 0 Å². The van der Waals surface area contributed by atoms with Crippen LogP contribution in [0.25, 0.3) is 0 Å². The van der Waals surface area contributed by atoms with E-state index in [1.807, 2.05) is 0 Å². The van der Waals surface area contributed by atoms with Crippen LogP contribution >= 0.6 is 0 Å². The van der Waals surface area contributed by atoms with Crippen LogP contribution in [0, 0.1) is 17.1 Å². The number of rotatable bonds is 5. The number of aliphatic hydroxyl groups excluding tert-OH is 1. The van der Waals surface area contributed by atoms with E-state index in [2.05, 4.69) is 5.32 Å². The molecule has 1 rings (SSSR count). The molecule has 0 saturated heterocycles. The number of halogens is 1. The molecular weight excluding hydrogens is 227 g/mol. The lowest BCUT2D eigenvalue weighted by atomic mass is 10.2. The van der Waals surface area contributed by atoms with Gasteiger partial charge in [0.15, 0.2) is 18.2 Å². The number of ether oxygens (including phenoxy) is 1. The fourth-order valence-corrected chi connectivity index (χ4v) is 1.17. The zero-order chi connectivity index (χ0) is 12.7. The average Bonchev–Trinajstić information content (AvgIpc) is 2.34. The maximum Gasteiger partial charge on any atom is 0.258 e. The Hall–Kier alpha value is -2.13. The molecule has 90 valence electrons. The number of nitrogens with zero attached hydrogens (tertiary/aromatic N) is 1. The molecule has 0 aliphatic rings. The van der Waals surface area contributed by atoms with Crippen molar-refractivity contribution in [3.8, 4) is 11.8 Å². The summed E-state index contributed by atoms with van der Waals surface area (Å²) in [5, 5.41) is 19.4. The van der Waals surface area contributed by atoms with E-state index < -0.39 is 18.3 Å². The van der Waals surface area contributed by atoms with E-state index >= 15 is 0 Å². The highest BCUT2D eigenvalue weighted by Crippen LogP contribution is 2.22. The second kappa shape index (κ2) is 6.45. The van der Waals surface area contributed by atoms with Crippen LogP contribution in [0.5, 0.6) is 5.75 Å². The van der Waals surface area contributed by atoms with Crippen molar-refractivity contribution in [2.75, 3.05) is 13.2 Å². The largest absolute Gasteiger partial charge is 0.480 e. The lowest BCUT2D eigenvalue weighted by Gasteiger charge is -2.10. The molecule has 0 aromatic heterocycles. The van der Waals surface area contributed by atoms with E-state index in [9.17, 15) is 9.18 Å². The second-order valence-electron chi connectivity index (χ2n) is 3.11. The third-order valence-electron chi connectivity index (χ3n) is 1.93. The molecule has 17 heavy (non-hydrogen) atoms. The molecule has 0 aliphatic carbocycles. The van der Waals surface area contributed by atoms with Gasteiger partial charge < -0.3 is 15.2 Å². The van der Waals surface area contributed by atoms with Crippen LogP contribution in [-0.4, -0.2) is 24.2 Å². The molecule has 0 aliphatic heterocycles. The Bertz CT molecular complexity index is 443. The highest BCUT2D eigenvalue weighted by molar-refractivity contribution is 5.77. The van der Waals surface area contributed by atoms with Gasteiger partial charge in [0.25, 0.3) is 5.91 Å². The Labute approximate surface area is 97.4 Å². The Morgan fingerprint density at radius 3 is 3.00 bits per heavy atom. The van der Waals surface area contributed by atoms with Crippen LogP contribution in [-0.2, 0) is 11.4 Å². The summed E-state index contributed by atoms with van der Waals surface area (Å²) in [6.45, 7) is -0.922. The number of benzene rings is 1. The van der Waals surface area contributed by atoms with E-state index in [1.54, 1.807) is 6.07 Å². The summed E-state index contributed by atoms with van der Waals surface area (Å²) in [6, 6.07) is 5.82. The average molecular weight is 238 g/mol. The number of para-hydroxylation sites is 1. The van der Waals surface area contributed by atoms with Crippen molar-refractivity contribution in [1.29, 1.82) is 5.26 Å². The van der Waals surface area contributed by atoms with Crippen LogP contribution < -0.4 is 10.1 Å². The first kappa shape index (κ1) is 12.9. The Morgan fingerprint density at radius 1 is 1.59 bits per heavy atom. The highest BCUT2D eigenvalue weighted by Gasteiger charge is 2.10. The molecule has 0 atom stereocenters. The molecule has 0 bridgehead atoms. The number of amides is 1. The molecule has 0 fully saturated rings. The third-order valence-corrected chi connectivity index (χ3v) is 1.93. The topological polar surface area (TPSA) is 82.4 Å². The molecule has 1 aromatic carbocycles. The minimum atomic E-state index is -0.648. The summed E-state index contributed by atoms with van der Waals surface area (Å²) in [5.74, 6) is -1.33. The number of hydrogen-bond acceptors (Lipinski definition) is 4. The van der Waals surface area contributed by atoms with Crippen molar-refractivity contribution in [2.45, 2.75) is 6.61 Å². The number of nitriles is 1. The first-order valence-electron chi connectivity index (χ1n) is 4.83. The molecule has 0 heterocycles. The summed E-state index contributed by atoms with van der Waals surface area (Å²) in [5.41, 5.74) is 0.262. The third kappa shape index (κ3) is 3.74. The first-order valence-corrected chi connectivity index (χ1v) is 4.83. The smallest absolute Gasteiger partial charge is 0.258 e. The summed E-state index contributed by atoms with van der Waals surface area (Å²) >= 11 is 0. The summed E-state index contributed by atoms with van der Waals surface area (Å²) in [4.78, 5) is 11.1. The van der Waals surface area contributed by atoms with Gasteiger partial charge in [-0.05, 0) is 6.07 Å². The van der Waals surface area contributed by atoms with Gasteiger partial charge in [0.2, 0.25) is 0 Å². The van der Waals surface area contributed by atoms with Crippen molar-refractivity contribution in [2.24, 2.45) is 0 Å². The van der Waals surface area contributed by atoms with Gasteiger partial charge >= 0.3 is 0 Å².